The van der Waals surface area contributed by atoms with Gasteiger partial charge in [-0.2, -0.15) is 0 Å². The summed E-state index contributed by atoms with van der Waals surface area (Å²) in [5, 5.41) is 0. The first-order chi connectivity index (χ1) is 14.3. The lowest BCUT2D eigenvalue weighted by molar-refractivity contribution is -0.205. The van der Waals surface area contributed by atoms with Gasteiger partial charge < -0.3 is 14.2 Å². The van der Waals surface area contributed by atoms with Crippen LogP contribution < -0.4 is 4.74 Å². The monoisotopic (exact) mass is 400 g/mol. The van der Waals surface area contributed by atoms with E-state index in [1.165, 1.54) is 51.4 Å². The normalized spacial score (nSPS) is 27.9. The fourth-order valence-corrected chi connectivity index (χ4v) is 4.44. The zero-order valence-corrected chi connectivity index (χ0v) is 18.5. The molecule has 0 radical (unpaired) electrons. The molecular formula is C26H40O3. The van der Waals surface area contributed by atoms with Crippen LogP contribution in [0.15, 0.2) is 36.4 Å². The van der Waals surface area contributed by atoms with E-state index in [0.29, 0.717) is 12.5 Å². The Kier molecular flexibility index (Phi) is 9.56. The van der Waals surface area contributed by atoms with Gasteiger partial charge in [0, 0.05) is 11.5 Å². The van der Waals surface area contributed by atoms with Gasteiger partial charge >= 0.3 is 0 Å². The predicted octanol–water partition coefficient (Wildman–Crippen LogP) is 7.08. The number of unbranched alkanes of at least 4 members (excludes halogenated alkanes) is 2. The Hall–Kier alpha value is -1.32. The molecule has 0 spiro atoms. The molecule has 1 saturated carbocycles. The highest BCUT2D eigenvalue weighted by molar-refractivity contribution is 5.28. The van der Waals surface area contributed by atoms with Crippen molar-refractivity contribution in [2.24, 2.45) is 17.8 Å². The van der Waals surface area contributed by atoms with Crippen molar-refractivity contribution in [2.45, 2.75) is 77.9 Å². The molecule has 0 atom stereocenters. The van der Waals surface area contributed by atoms with Gasteiger partial charge in [-0.05, 0) is 56.1 Å². The van der Waals surface area contributed by atoms with Crippen LogP contribution in [-0.2, 0) is 9.47 Å². The molecule has 1 aliphatic heterocycles. The van der Waals surface area contributed by atoms with Gasteiger partial charge in [-0.1, -0.05) is 63.8 Å². The first-order valence-corrected chi connectivity index (χ1v) is 11.9. The van der Waals surface area contributed by atoms with Crippen LogP contribution >= 0.6 is 0 Å². The van der Waals surface area contributed by atoms with Crippen LogP contribution in [0.25, 0.3) is 0 Å². The second kappa shape index (κ2) is 12.4. The minimum absolute atomic E-state index is 0.233. The lowest BCUT2D eigenvalue weighted by atomic mass is 9.79. The van der Waals surface area contributed by atoms with Gasteiger partial charge in [0.05, 0.1) is 13.2 Å². The Morgan fingerprint density at radius 1 is 0.931 bits per heavy atom. The lowest BCUT2D eigenvalue weighted by Crippen LogP contribution is -2.26. The minimum Gasteiger partial charge on any atom is -0.490 e. The number of hydrogen-bond donors (Lipinski definition) is 0. The summed E-state index contributed by atoms with van der Waals surface area (Å²) in [6, 6.07) is 8.14. The minimum atomic E-state index is -0.233. The molecule has 162 valence electrons. The molecule has 0 N–H and O–H groups in total. The number of rotatable bonds is 10. The molecule has 3 heteroatoms. The van der Waals surface area contributed by atoms with Gasteiger partial charge in [0.2, 0.25) is 0 Å². The summed E-state index contributed by atoms with van der Waals surface area (Å²) in [5.41, 5.74) is 1.07. The van der Waals surface area contributed by atoms with Crippen LogP contribution in [0.4, 0.5) is 0 Å². The fourth-order valence-electron chi connectivity index (χ4n) is 4.44. The van der Waals surface area contributed by atoms with Crippen molar-refractivity contribution in [3.63, 3.8) is 0 Å². The molecular weight excluding hydrogens is 360 g/mol. The van der Waals surface area contributed by atoms with Crippen molar-refractivity contribution in [1.29, 1.82) is 0 Å². The van der Waals surface area contributed by atoms with Crippen LogP contribution in [0.5, 0.6) is 5.75 Å². The van der Waals surface area contributed by atoms with Crippen molar-refractivity contribution < 1.29 is 14.2 Å². The van der Waals surface area contributed by atoms with Crippen LogP contribution in [0, 0.1) is 17.8 Å². The van der Waals surface area contributed by atoms with Crippen molar-refractivity contribution in [3.05, 3.63) is 42.0 Å². The zero-order valence-electron chi connectivity index (χ0n) is 18.5. The molecule has 3 rings (SSSR count). The average molecular weight is 401 g/mol. The van der Waals surface area contributed by atoms with Gasteiger partial charge in [0.1, 0.15) is 12.4 Å². The summed E-state index contributed by atoms with van der Waals surface area (Å²) < 4.78 is 17.6. The van der Waals surface area contributed by atoms with Crippen LogP contribution in [0.2, 0.25) is 0 Å². The summed E-state index contributed by atoms with van der Waals surface area (Å²) in [6.45, 7) is 6.68. The Morgan fingerprint density at radius 2 is 1.66 bits per heavy atom. The van der Waals surface area contributed by atoms with Crippen LogP contribution in [0.1, 0.15) is 83.5 Å². The number of benzene rings is 1. The van der Waals surface area contributed by atoms with E-state index in [2.05, 4.69) is 38.1 Å². The molecule has 0 aromatic heterocycles. The third-order valence-electron chi connectivity index (χ3n) is 6.56. The molecule has 0 unspecified atom stereocenters. The number of allylic oxidation sites excluding steroid dienone is 1. The summed E-state index contributed by atoms with van der Waals surface area (Å²) in [5.74, 6) is 3.15. The maximum absolute atomic E-state index is 5.89. The van der Waals surface area contributed by atoms with Crippen molar-refractivity contribution in [2.75, 3.05) is 19.8 Å². The quantitative estimate of drug-likeness (QED) is 0.310. The summed E-state index contributed by atoms with van der Waals surface area (Å²) >= 11 is 0. The van der Waals surface area contributed by atoms with Gasteiger partial charge in [-0.3, -0.25) is 0 Å². The second-order valence-corrected chi connectivity index (χ2v) is 8.86. The molecule has 1 saturated heterocycles. The molecule has 2 aliphatic rings. The maximum atomic E-state index is 5.89. The Balaban J connectivity index is 1.32. The third-order valence-corrected chi connectivity index (χ3v) is 6.56. The zero-order chi connectivity index (χ0) is 20.3. The first-order valence-electron chi connectivity index (χ1n) is 11.9. The van der Waals surface area contributed by atoms with E-state index in [-0.39, 0.29) is 6.29 Å². The van der Waals surface area contributed by atoms with Gasteiger partial charge in [-0.25, -0.2) is 0 Å². The fraction of sp³-hybridized carbons (Fsp3) is 0.692. The maximum Gasteiger partial charge on any atom is 0.183 e. The van der Waals surface area contributed by atoms with E-state index in [9.17, 15) is 0 Å². The predicted molar refractivity (Wildman–Crippen MR) is 119 cm³/mol. The second-order valence-electron chi connectivity index (χ2n) is 8.86. The highest BCUT2D eigenvalue weighted by Gasteiger charge is 2.22. The smallest absolute Gasteiger partial charge is 0.183 e. The molecule has 0 amide bonds. The Morgan fingerprint density at radius 3 is 2.31 bits per heavy atom. The van der Waals surface area contributed by atoms with Crippen LogP contribution in [-0.4, -0.2) is 19.8 Å². The lowest BCUT2D eigenvalue weighted by Gasteiger charge is -2.29. The standard InChI is InChI=1S/C26H40O3/c1-3-5-6-8-22-10-12-23(13-11-22)9-7-18-27-25-16-14-24(15-17-25)26-28-19-21(4-2)20-29-26/h7,9,14-17,21-23,26H,3-6,8,10-13,18-20H2,1-2H3. The van der Waals surface area contributed by atoms with E-state index >= 15 is 0 Å². The SMILES string of the molecule is CCCCCC1CCC(C=CCOc2ccc(C3OCC(CC)CO3)cc2)CC1. The number of ether oxygens (including phenoxy) is 3. The van der Waals surface area contributed by atoms with Gasteiger partial charge in [0.15, 0.2) is 6.29 Å². The molecule has 29 heavy (non-hydrogen) atoms. The molecule has 1 aliphatic carbocycles. The van der Waals surface area contributed by atoms with E-state index in [0.717, 1.165) is 42.8 Å². The van der Waals surface area contributed by atoms with Gasteiger partial charge in [0.25, 0.3) is 0 Å². The van der Waals surface area contributed by atoms with Crippen LogP contribution in [0.3, 0.4) is 0 Å². The van der Waals surface area contributed by atoms with E-state index in [4.69, 9.17) is 14.2 Å². The largest absolute Gasteiger partial charge is 0.490 e. The first kappa shape index (κ1) is 22.4. The number of hydrogen-bond acceptors (Lipinski definition) is 3. The molecule has 1 aromatic rings. The van der Waals surface area contributed by atoms with Crippen molar-refractivity contribution in [1.82, 2.24) is 0 Å². The summed E-state index contributed by atoms with van der Waals surface area (Å²) in [7, 11) is 0. The van der Waals surface area contributed by atoms with Crippen molar-refractivity contribution >= 4 is 0 Å². The summed E-state index contributed by atoms with van der Waals surface area (Å²) in [6.07, 6.45) is 16.6. The highest BCUT2D eigenvalue weighted by Crippen LogP contribution is 2.32. The van der Waals surface area contributed by atoms with E-state index in [1.807, 2.05) is 12.1 Å². The third kappa shape index (κ3) is 7.46. The molecule has 0 bridgehead atoms. The highest BCUT2D eigenvalue weighted by atomic mass is 16.7. The summed E-state index contributed by atoms with van der Waals surface area (Å²) in [4.78, 5) is 0. The van der Waals surface area contributed by atoms with Crippen molar-refractivity contribution in [3.8, 4) is 5.75 Å². The Bertz CT molecular complexity index is 578. The molecule has 1 heterocycles. The molecule has 3 nitrogen and oxygen atoms in total. The van der Waals surface area contributed by atoms with E-state index in [1.54, 1.807) is 0 Å². The molecule has 1 aromatic carbocycles. The molecule has 2 fully saturated rings. The average Bonchev–Trinajstić information content (AvgIpc) is 2.78. The topological polar surface area (TPSA) is 27.7 Å². The Labute approximate surface area is 177 Å². The van der Waals surface area contributed by atoms with Gasteiger partial charge in [-0.15, -0.1) is 0 Å². The van der Waals surface area contributed by atoms with E-state index < -0.39 is 0 Å².